The summed E-state index contributed by atoms with van der Waals surface area (Å²) in [4.78, 5) is 2.44. The van der Waals surface area contributed by atoms with Crippen LogP contribution in [0.2, 0.25) is 0 Å². The molecule has 0 saturated heterocycles. The molecule has 0 saturated carbocycles. The Hall–Kier alpha value is -2.36. The molecule has 0 fully saturated rings. The Morgan fingerprint density at radius 1 is 0.545 bits per heavy atom. The SMILES string of the molecule is CC1(C)c2ccccc2-c2ccc(N3c4ccc(Br)cc4C(C)(C)c4cc(Br)ccc43)cc21. The predicted octanol–water partition coefficient (Wildman–Crippen LogP) is 9.63. The molecular weight excluding hydrogens is 534 g/mol. The van der Waals surface area contributed by atoms with Gasteiger partial charge in [-0.3, -0.25) is 0 Å². The van der Waals surface area contributed by atoms with E-state index in [1.165, 1.54) is 50.4 Å². The maximum atomic E-state index is 3.72. The van der Waals surface area contributed by atoms with Crippen LogP contribution in [0.25, 0.3) is 11.1 Å². The Kier molecular flexibility index (Phi) is 4.54. The number of anilines is 3. The lowest BCUT2D eigenvalue weighted by atomic mass is 9.73. The van der Waals surface area contributed by atoms with Gasteiger partial charge in [0.1, 0.15) is 0 Å². The van der Waals surface area contributed by atoms with Gasteiger partial charge in [-0.1, -0.05) is 89.9 Å². The number of hydrogen-bond acceptors (Lipinski definition) is 1. The zero-order valence-electron chi connectivity index (χ0n) is 19.2. The molecule has 0 aromatic heterocycles. The molecule has 6 rings (SSSR count). The molecule has 0 atom stereocenters. The van der Waals surface area contributed by atoms with Crippen molar-refractivity contribution in [3.05, 3.63) is 110 Å². The van der Waals surface area contributed by atoms with Gasteiger partial charge in [0, 0.05) is 25.5 Å². The van der Waals surface area contributed by atoms with Crippen LogP contribution >= 0.6 is 31.9 Å². The fraction of sp³-hybridized carbons (Fsp3) is 0.200. The normalized spacial score (nSPS) is 16.6. The highest BCUT2D eigenvalue weighted by Crippen LogP contribution is 2.55. The summed E-state index contributed by atoms with van der Waals surface area (Å²) >= 11 is 7.43. The van der Waals surface area contributed by atoms with E-state index in [1.807, 2.05) is 0 Å². The van der Waals surface area contributed by atoms with Crippen molar-refractivity contribution < 1.29 is 0 Å². The number of hydrogen-bond donors (Lipinski definition) is 0. The van der Waals surface area contributed by atoms with Crippen LogP contribution in [-0.2, 0) is 10.8 Å². The van der Waals surface area contributed by atoms with Crippen LogP contribution < -0.4 is 4.90 Å². The maximum Gasteiger partial charge on any atom is 0.0503 e. The summed E-state index contributed by atoms with van der Waals surface area (Å²) in [6.45, 7) is 9.33. The number of nitrogens with zero attached hydrogens (tertiary/aromatic N) is 1. The molecule has 4 aromatic carbocycles. The molecule has 0 N–H and O–H groups in total. The Balaban J connectivity index is 1.61. The van der Waals surface area contributed by atoms with E-state index in [0.717, 1.165) is 8.95 Å². The van der Waals surface area contributed by atoms with E-state index in [0.29, 0.717) is 0 Å². The number of fused-ring (bicyclic) bond motifs is 5. The third-order valence-electron chi connectivity index (χ3n) is 7.57. The molecule has 2 aliphatic rings. The Morgan fingerprint density at radius 3 is 1.73 bits per heavy atom. The third-order valence-corrected chi connectivity index (χ3v) is 8.56. The molecule has 164 valence electrons. The molecule has 1 nitrogen and oxygen atoms in total. The average molecular weight is 559 g/mol. The molecule has 4 aromatic rings. The summed E-state index contributed by atoms with van der Waals surface area (Å²) in [5.41, 5.74) is 11.7. The lowest BCUT2D eigenvalue weighted by Crippen LogP contribution is -2.30. The van der Waals surface area contributed by atoms with Crippen molar-refractivity contribution in [2.24, 2.45) is 0 Å². The zero-order chi connectivity index (χ0) is 23.1. The van der Waals surface area contributed by atoms with Crippen molar-refractivity contribution >= 4 is 48.9 Å². The van der Waals surface area contributed by atoms with Crippen LogP contribution in [0.15, 0.2) is 87.8 Å². The van der Waals surface area contributed by atoms with Crippen LogP contribution in [-0.4, -0.2) is 0 Å². The molecule has 1 aliphatic carbocycles. The summed E-state index contributed by atoms with van der Waals surface area (Å²) in [6.07, 6.45) is 0. The fourth-order valence-electron chi connectivity index (χ4n) is 5.79. The number of benzene rings is 4. The van der Waals surface area contributed by atoms with E-state index in [9.17, 15) is 0 Å². The Labute approximate surface area is 212 Å². The Bertz CT molecular complexity index is 1390. The topological polar surface area (TPSA) is 3.24 Å². The summed E-state index contributed by atoms with van der Waals surface area (Å²) < 4.78 is 2.22. The second-order valence-corrected chi connectivity index (χ2v) is 12.0. The first-order chi connectivity index (χ1) is 15.7. The lowest BCUT2D eigenvalue weighted by molar-refractivity contribution is 0.630. The molecule has 33 heavy (non-hydrogen) atoms. The molecule has 3 heteroatoms. The van der Waals surface area contributed by atoms with Gasteiger partial charge in [0.15, 0.2) is 0 Å². The second kappa shape index (κ2) is 7.07. The van der Waals surface area contributed by atoms with Crippen molar-refractivity contribution in [1.82, 2.24) is 0 Å². The van der Waals surface area contributed by atoms with Crippen molar-refractivity contribution in [2.75, 3.05) is 4.90 Å². The van der Waals surface area contributed by atoms with Crippen molar-refractivity contribution in [3.63, 3.8) is 0 Å². The van der Waals surface area contributed by atoms with E-state index in [-0.39, 0.29) is 10.8 Å². The van der Waals surface area contributed by atoms with Crippen LogP contribution in [0, 0.1) is 0 Å². The molecule has 0 unspecified atom stereocenters. The van der Waals surface area contributed by atoms with Crippen LogP contribution in [0.5, 0.6) is 0 Å². The highest BCUT2D eigenvalue weighted by atomic mass is 79.9. The minimum atomic E-state index is -0.110. The summed E-state index contributed by atoms with van der Waals surface area (Å²) in [5, 5.41) is 0. The first-order valence-electron chi connectivity index (χ1n) is 11.3. The standard InChI is InChI=1S/C30H25Br2N/c1-29(2)23-8-6-5-7-21(23)22-12-11-20(17-24(22)29)33-27-13-9-18(31)15-25(27)30(3,4)26-16-19(32)10-14-28(26)33/h5-17H,1-4H3. The highest BCUT2D eigenvalue weighted by Gasteiger charge is 2.39. The molecule has 0 radical (unpaired) electrons. The first kappa shape index (κ1) is 21.2. The molecule has 0 amide bonds. The van der Waals surface area contributed by atoms with Gasteiger partial charge in [-0.05, 0) is 81.9 Å². The minimum Gasteiger partial charge on any atom is -0.310 e. The van der Waals surface area contributed by atoms with Crippen molar-refractivity contribution in [3.8, 4) is 11.1 Å². The average Bonchev–Trinajstić information content (AvgIpc) is 3.02. The van der Waals surface area contributed by atoms with Gasteiger partial charge >= 0.3 is 0 Å². The van der Waals surface area contributed by atoms with Crippen LogP contribution in [0.4, 0.5) is 17.1 Å². The quantitative estimate of drug-likeness (QED) is 0.225. The lowest BCUT2D eigenvalue weighted by Gasteiger charge is -2.42. The maximum absolute atomic E-state index is 3.72. The van der Waals surface area contributed by atoms with Gasteiger partial charge in [-0.15, -0.1) is 0 Å². The minimum absolute atomic E-state index is 0.0257. The van der Waals surface area contributed by atoms with E-state index in [1.54, 1.807) is 0 Å². The van der Waals surface area contributed by atoms with Crippen molar-refractivity contribution in [1.29, 1.82) is 0 Å². The van der Waals surface area contributed by atoms with Crippen molar-refractivity contribution in [2.45, 2.75) is 38.5 Å². The van der Waals surface area contributed by atoms with Gasteiger partial charge in [-0.25, -0.2) is 0 Å². The van der Waals surface area contributed by atoms with E-state index >= 15 is 0 Å². The zero-order valence-corrected chi connectivity index (χ0v) is 22.4. The van der Waals surface area contributed by atoms with Gasteiger partial charge in [0.2, 0.25) is 0 Å². The van der Waals surface area contributed by atoms with Gasteiger partial charge < -0.3 is 4.90 Å². The van der Waals surface area contributed by atoms with Crippen LogP contribution in [0.3, 0.4) is 0 Å². The molecule has 0 bridgehead atoms. The van der Waals surface area contributed by atoms with E-state index < -0.39 is 0 Å². The monoisotopic (exact) mass is 557 g/mol. The summed E-state index contributed by atoms with van der Waals surface area (Å²) in [6, 6.07) is 29.2. The highest BCUT2D eigenvalue weighted by molar-refractivity contribution is 9.10. The molecular formula is C30H25Br2N. The fourth-order valence-corrected chi connectivity index (χ4v) is 6.51. The molecule has 1 aliphatic heterocycles. The van der Waals surface area contributed by atoms with Gasteiger partial charge in [0.25, 0.3) is 0 Å². The summed E-state index contributed by atoms with van der Waals surface area (Å²) in [5.74, 6) is 0. The van der Waals surface area contributed by atoms with E-state index in [2.05, 4.69) is 143 Å². The molecule has 1 heterocycles. The first-order valence-corrected chi connectivity index (χ1v) is 12.9. The molecule has 0 spiro atoms. The smallest absolute Gasteiger partial charge is 0.0503 e. The largest absolute Gasteiger partial charge is 0.310 e. The predicted molar refractivity (Wildman–Crippen MR) is 146 cm³/mol. The number of halogens is 2. The van der Waals surface area contributed by atoms with Gasteiger partial charge in [0.05, 0.1) is 11.4 Å². The van der Waals surface area contributed by atoms with Crippen LogP contribution in [0.1, 0.15) is 49.9 Å². The third kappa shape index (κ3) is 2.95. The second-order valence-electron chi connectivity index (χ2n) is 10.2. The van der Waals surface area contributed by atoms with Gasteiger partial charge in [-0.2, -0.15) is 0 Å². The summed E-state index contributed by atoms with van der Waals surface area (Å²) in [7, 11) is 0. The van der Waals surface area contributed by atoms with E-state index in [4.69, 9.17) is 0 Å². The number of rotatable bonds is 1. The Morgan fingerprint density at radius 2 is 1.09 bits per heavy atom.